The Kier molecular flexibility index (Phi) is 1.66. The molecule has 0 spiro atoms. The molecular formula is C8H11N5. The van der Waals surface area contributed by atoms with E-state index in [0.717, 1.165) is 11.4 Å². The van der Waals surface area contributed by atoms with Crippen LogP contribution in [-0.2, 0) is 6.54 Å². The summed E-state index contributed by atoms with van der Waals surface area (Å²) in [6, 6.07) is 0. The third-order valence-electron chi connectivity index (χ3n) is 1.97. The zero-order chi connectivity index (χ0) is 9.42. The van der Waals surface area contributed by atoms with Crippen molar-refractivity contribution in [3.8, 4) is 0 Å². The van der Waals surface area contributed by atoms with Gasteiger partial charge in [-0.2, -0.15) is 0 Å². The van der Waals surface area contributed by atoms with Gasteiger partial charge in [0, 0.05) is 24.5 Å². The lowest BCUT2D eigenvalue weighted by Crippen LogP contribution is -2.00. The van der Waals surface area contributed by atoms with E-state index in [1.165, 1.54) is 0 Å². The van der Waals surface area contributed by atoms with Crippen molar-refractivity contribution in [2.45, 2.75) is 13.5 Å². The van der Waals surface area contributed by atoms with Crippen LogP contribution in [0.4, 0.5) is 5.82 Å². The van der Waals surface area contributed by atoms with Crippen LogP contribution < -0.4 is 11.5 Å². The molecule has 0 amide bonds. The summed E-state index contributed by atoms with van der Waals surface area (Å²) in [7, 11) is 0. The van der Waals surface area contributed by atoms with E-state index in [1.807, 2.05) is 17.5 Å². The molecule has 0 bridgehead atoms. The summed E-state index contributed by atoms with van der Waals surface area (Å²) in [5.41, 5.74) is 12.8. The highest BCUT2D eigenvalue weighted by atomic mass is 15.1. The standard InChI is InChI=1S/C8H11N5/c1-5-12-7(10)8-11-3-6(2-9)4-13(5)8/h3-4H,2,9-10H2,1H3. The van der Waals surface area contributed by atoms with Crippen LogP contribution >= 0.6 is 0 Å². The van der Waals surface area contributed by atoms with Crippen molar-refractivity contribution in [3.05, 3.63) is 23.8 Å². The molecule has 0 aliphatic heterocycles. The number of nitrogen functional groups attached to an aromatic ring is 1. The van der Waals surface area contributed by atoms with Crippen LogP contribution in [-0.4, -0.2) is 14.4 Å². The van der Waals surface area contributed by atoms with E-state index in [0.29, 0.717) is 18.0 Å². The number of imidazole rings is 1. The van der Waals surface area contributed by atoms with Crippen molar-refractivity contribution in [2.75, 3.05) is 5.73 Å². The third kappa shape index (κ3) is 1.13. The third-order valence-corrected chi connectivity index (χ3v) is 1.97. The average molecular weight is 177 g/mol. The maximum atomic E-state index is 5.64. The molecule has 0 radical (unpaired) electrons. The molecule has 0 saturated carbocycles. The van der Waals surface area contributed by atoms with Gasteiger partial charge in [-0.25, -0.2) is 9.97 Å². The molecular weight excluding hydrogens is 166 g/mol. The number of nitrogens with zero attached hydrogens (tertiary/aromatic N) is 3. The molecule has 0 saturated heterocycles. The molecule has 0 atom stereocenters. The van der Waals surface area contributed by atoms with Crippen LogP contribution in [0.15, 0.2) is 12.4 Å². The fraction of sp³-hybridized carbons (Fsp3) is 0.250. The predicted molar refractivity (Wildman–Crippen MR) is 50.0 cm³/mol. The summed E-state index contributed by atoms with van der Waals surface area (Å²) in [5.74, 6) is 1.29. The van der Waals surface area contributed by atoms with Gasteiger partial charge in [0.25, 0.3) is 0 Å². The lowest BCUT2D eigenvalue weighted by molar-refractivity contribution is 0.963. The van der Waals surface area contributed by atoms with Crippen molar-refractivity contribution in [1.82, 2.24) is 14.4 Å². The molecule has 0 aliphatic rings. The van der Waals surface area contributed by atoms with E-state index in [-0.39, 0.29) is 0 Å². The predicted octanol–water partition coefficient (Wildman–Crippen LogP) is 0.0786. The Balaban J connectivity index is 2.76. The minimum absolute atomic E-state index is 0.459. The first-order valence-electron chi connectivity index (χ1n) is 4.01. The van der Waals surface area contributed by atoms with E-state index in [2.05, 4.69) is 9.97 Å². The van der Waals surface area contributed by atoms with Crippen molar-refractivity contribution in [3.63, 3.8) is 0 Å². The molecule has 2 aromatic heterocycles. The van der Waals surface area contributed by atoms with Gasteiger partial charge in [-0.15, -0.1) is 0 Å². The van der Waals surface area contributed by atoms with Gasteiger partial charge >= 0.3 is 0 Å². The van der Waals surface area contributed by atoms with Crippen LogP contribution in [0.5, 0.6) is 0 Å². The molecule has 5 nitrogen and oxygen atoms in total. The first kappa shape index (κ1) is 8.00. The van der Waals surface area contributed by atoms with Gasteiger partial charge in [0.15, 0.2) is 11.5 Å². The molecule has 5 heteroatoms. The molecule has 2 heterocycles. The lowest BCUT2D eigenvalue weighted by Gasteiger charge is -1.98. The molecule has 0 fully saturated rings. The van der Waals surface area contributed by atoms with Crippen molar-refractivity contribution >= 4 is 11.5 Å². The molecule has 0 unspecified atom stereocenters. The van der Waals surface area contributed by atoms with Crippen molar-refractivity contribution < 1.29 is 0 Å². The number of aromatic nitrogens is 3. The second-order valence-electron chi connectivity index (χ2n) is 2.90. The smallest absolute Gasteiger partial charge is 0.181 e. The van der Waals surface area contributed by atoms with Crippen molar-refractivity contribution in [2.24, 2.45) is 5.73 Å². The topological polar surface area (TPSA) is 82.2 Å². The van der Waals surface area contributed by atoms with Gasteiger partial charge in [-0.05, 0) is 6.92 Å². The quantitative estimate of drug-likeness (QED) is 0.646. The van der Waals surface area contributed by atoms with Crippen LogP contribution in [0.25, 0.3) is 5.65 Å². The molecule has 2 rings (SSSR count). The highest BCUT2D eigenvalue weighted by Gasteiger charge is 2.05. The largest absolute Gasteiger partial charge is 0.381 e. The number of aryl methyl sites for hydroxylation is 1. The monoisotopic (exact) mass is 177 g/mol. The van der Waals surface area contributed by atoms with Gasteiger partial charge in [-0.3, -0.25) is 4.40 Å². The van der Waals surface area contributed by atoms with E-state index >= 15 is 0 Å². The Labute approximate surface area is 75.4 Å². The van der Waals surface area contributed by atoms with Gasteiger partial charge in [0.1, 0.15) is 5.82 Å². The molecule has 13 heavy (non-hydrogen) atoms. The van der Waals surface area contributed by atoms with Crippen LogP contribution in [0.1, 0.15) is 11.4 Å². The molecule has 68 valence electrons. The summed E-state index contributed by atoms with van der Waals surface area (Å²) in [4.78, 5) is 8.27. The zero-order valence-corrected chi connectivity index (χ0v) is 7.36. The maximum absolute atomic E-state index is 5.64. The molecule has 0 aromatic carbocycles. The highest BCUT2D eigenvalue weighted by molar-refractivity contribution is 5.60. The van der Waals surface area contributed by atoms with Crippen LogP contribution in [0, 0.1) is 6.92 Å². The van der Waals surface area contributed by atoms with E-state index in [1.54, 1.807) is 6.20 Å². The SMILES string of the molecule is Cc1nc(N)c2ncc(CN)cn12. The number of rotatable bonds is 1. The van der Waals surface area contributed by atoms with Gasteiger partial charge in [-0.1, -0.05) is 0 Å². The Morgan fingerprint density at radius 3 is 3.00 bits per heavy atom. The number of nitrogens with two attached hydrogens (primary N) is 2. The number of hydrogen-bond donors (Lipinski definition) is 2. The van der Waals surface area contributed by atoms with Gasteiger partial charge < -0.3 is 11.5 Å². The minimum Gasteiger partial charge on any atom is -0.381 e. The lowest BCUT2D eigenvalue weighted by atomic mass is 10.3. The van der Waals surface area contributed by atoms with Crippen LogP contribution in [0.2, 0.25) is 0 Å². The fourth-order valence-electron chi connectivity index (χ4n) is 1.29. The Morgan fingerprint density at radius 2 is 2.31 bits per heavy atom. The Morgan fingerprint density at radius 1 is 1.54 bits per heavy atom. The van der Waals surface area contributed by atoms with E-state index in [9.17, 15) is 0 Å². The summed E-state index contributed by atoms with van der Waals surface area (Å²) in [6.45, 7) is 2.35. The van der Waals surface area contributed by atoms with Gasteiger partial charge in [0.2, 0.25) is 0 Å². The molecule has 0 aliphatic carbocycles. The normalized spacial score (nSPS) is 10.9. The Bertz CT molecular complexity index is 445. The molecule has 4 N–H and O–H groups in total. The minimum atomic E-state index is 0.459. The number of hydrogen-bond acceptors (Lipinski definition) is 4. The average Bonchev–Trinajstić information content (AvgIpc) is 2.42. The summed E-state index contributed by atoms with van der Waals surface area (Å²) in [5, 5.41) is 0. The Hall–Kier alpha value is -1.62. The number of fused-ring (bicyclic) bond motifs is 1. The van der Waals surface area contributed by atoms with Crippen LogP contribution in [0.3, 0.4) is 0 Å². The summed E-state index contributed by atoms with van der Waals surface area (Å²) < 4.78 is 1.84. The second-order valence-corrected chi connectivity index (χ2v) is 2.90. The number of anilines is 1. The summed E-state index contributed by atoms with van der Waals surface area (Å²) in [6.07, 6.45) is 3.62. The first-order chi connectivity index (χ1) is 6.22. The van der Waals surface area contributed by atoms with Crippen molar-refractivity contribution in [1.29, 1.82) is 0 Å². The first-order valence-corrected chi connectivity index (χ1v) is 4.01. The molecule has 2 aromatic rings. The van der Waals surface area contributed by atoms with E-state index in [4.69, 9.17) is 11.5 Å². The van der Waals surface area contributed by atoms with Gasteiger partial charge in [0.05, 0.1) is 0 Å². The van der Waals surface area contributed by atoms with E-state index < -0.39 is 0 Å². The zero-order valence-electron chi connectivity index (χ0n) is 7.36. The summed E-state index contributed by atoms with van der Waals surface area (Å²) >= 11 is 0. The second kappa shape index (κ2) is 2.70. The maximum Gasteiger partial charge on any atom is 0.181 e. The highest BCUT2D eigenvalue weighted by Crippen LogP contribution is 2.12. The fourth-order valence-corrected chi connectivity index (χ4v) is 1.29.